The summed E-state index contributed by atoms with van der Waals surface area (Å²) in [5.41, 5.74) is 2.27. The number of aromatic nitrogens is 2. The fourth-order valence-electron chi connectivity index (χ4n) is 2.33. The molecule has 21 heavy (non-hydrogen) atoms. The standard InChI is InChI=1S/C15H13BrClFN2S/c1-9-6-13-12(7-11(9)18)19-15(2-4-17)20(13)8-14-10(16)3-5-21-14/h3,5-7H,2,4,8H2,1H3. The minimum atomic E-state index is -0.220. The Hall–Kier alpha value is -0.910. The molecular formula is C15H13BrClFN2S. The minimum Gasteiger partial charge on any atom is -0.323 e. The fourth-order valence-corrected chi connectivity index (χ4v) is 3.97. The second-order valence-electron chi connectivity index (χ2n) is 4.83. The Labute approximate surface area is 139 Å². The summed E-state index contributed by atoms with van der Waals surface area (Å²) >= 11 is 11.1. The molecule has 0 saturated carbocycles. The van der Waals surface area contributed by atoms with E-state index in [1.54, 1.807) is 18.3 Å². The van der Waals surface area contributed by atoms with Crippen LogP contribution < -0.4 is 0 Å². The molecule has 0 N–H and O–H groups in total. The van der Waals surface area contributed by atoms with Crippen molar-refractivity contribution in [3.63, 3.8) is 0 Å². The molecule has 3 aromatic rings. The van der Waals surface area contributed by atoms with E-state index >= 15 is 0 Å². The molecule has 0 fully saturated rings. The van der Waals surface area contributed by atoms with E-state index in [4.69, 9.17) is 11.6 Å². The van der Waals surface area contributed by atoms with Crippen molar-refractivity contribution in [3.05, 3.63) is 50.1 Å². The van der Waals surface area contributed by atoms with Crippen LogP contribution in [-0.2, 0) is 13.0 Å². The van der Waals surface area contributed by atoms with Crippen molar-refractivity contribution in [2.45, 2.75) is 19.9 Å². The van der Waals surface area contributed by atoms with Crippen LogP contribution in [-0.4, -0.2) is 15.4 Å². The van der Waals surface area contributed by atoms with Crippen LogP contribution in [0.3, 0.4) is 0 Å². The van der Waals surface area contributed by atoms with Gasteiger partial charge in [0.2, 0.25) is 0 Å². The normalized spacial score (nSPS) is 11.4. The number of rotatable bonds is 4. The number of aryl methyl sites for hydroxylation is 2. The Morgan fingerprint density at radius 2 is 2.24 bits per heavy atom. The van der Waals surface area contributed by atoms with E-state index < -0.39 is 0 Å². The molecule has 0 saturated heterocycles. The second-order valence-corrected chi connectivity index (χ2v) is 7.07. The maximum absolute atomic E-state index is 13.7. The molecule has 1 aromatic carbocycles. The molecule has 0 spiro atoms. The number of nitrogens with zero attached hydrogens (tertiary/aromatic N) is 2. The largest absolute Gasteiger partial charge is 0.323 e. The average Bonchev–Trinajstić information content (AvgIpc) is 2.98. The molecule has 2 aromatic heterocycles. The monoisotopic (exact) mass is 386 g/mol. The first-order chi connectivity index (χ1) is 10.1. The number of fused-ring (bicyclic) bond motifs is 1. The van der Waals surface area contributed by atoms with Gasteiger partial charge in [-0.2, -0.15) is 0 Å². The van der Waals surface area contributed by atoms with E-state index in [0.717, 1.165) is 15.8 Å². The van der Waals surface area contributed by atoms with Crippen LogP contribution in [0.5, 0.6) is 0 Å². The van der Waals surface area contributed by atoms with Crippen LogP contribution in [0.4, 0.5) is 4.39 Å². The van der Waals surface area contributed by atoms with Crippen molar-refractivity contribution < 1.29 is 4.39 Å². The molecule has 110 valence electrons. The summed E-state index contributed by atoms with van der Waals surface area (Å²) in [7, 11) is 0. The van der Waals surface area contributed by atoms with E-state index in [2.05, 4.69) is 25.5 Å². The maximum Gasteiger partial charge on any atom is 0.128 e. The zero-order valence-corrected chi connectivity index (χ0v) is 14.5. The molecule has 0 atom stereocenters. The van der Waals surface area contributed by atoms with Gasteiger partial charge in [-0.1, -0.05) is 0 Å². The van der Waals surface area contributed by atoms with Gasteiger partial charge in [0.25, 0.3) is 0 Å². The topological polar surface area (TPSA) is 17.8 Å². The summed E-state index contributed by atoms with van der Waals surface area (Å²) in [6.45, 7) is 2.49. The maximum atomic E-state index is 13.7. The van der Waals surface area contributed by atoms with E-state index in [9.17, 15) is 4.39 Å². The first-order valence-electron chi connectivity index (χ1n) is 6.53. The molecule has 0 bridgehead atoms. The molecule has 0 aliphatic rings. The zero-order valence-electron chi connectivity index (χ0n) is 11.4. The van der Waals surface area contributed by atoms with Crippen LogP contribution in [0.15, 0.2) is 28.1 Å². The van der Waals surface area contributed by atoms with E-state index in [1.807, 2.05) is 17.5 Å². The Morgan fingerprint density at radius 3 is 2.90 bits per heavy atom. The zero-order chi connectivity index (χ0) is 15.0. The molecule has 0 amide bonds. The second kappa shape index (κ2) is 6.07. The predicted molar refractivity (Wildman–Crippen MR) is 90.0 cm³/mol. The Balaban J connectivity index is 2.15. The highest BCUT2D eigenvalue weighted by Crippen LogP contribution is 2.27. The summed E-state index contributed by atoms with van der Waals surface area (Å²) in [4.78, 5) is 5.76. The van der Waals surface area contributed by atoms with E-state index in [-0.39, 0.29) is 5.82 Å². The predicted octanol–water partition coefficient (Wildman–Crippen LogP) is 5.14. The van der Waals surface area contributed by atoms with Crippen molar-refractivity contribution in [2.24, 2.45) is 0 Å². The lowest BCUT2D eigenvalue weighted by molar-refractivity contribution is 0.620. The van der Waals surface area contributed by atoms with Crippen LogP contribution >= 0.6 is 38.9 Å². The van der Waals surface area contributed by atoms with Gasteiger partial charge < -0.3 is 4.57 Å². The van der Waals surface area contributed by atoms with Gasteiger partial charge in [-0.15, -0.1) is 22.9 Å². The van der Waals surface area contributed by atoms with Crippen LogP contribution in [0.25, 0.3) is 11.0 Å². The third kappa shape index (κ3) is 2.87. The summed E-state index contributed by atoms with van der Waals surface area (Å²) < 4.78 is 16.9. The minimum absolute atomic E-state index is 0.220. The van der Waals surface area contributed by atoms with Crippen molar-refractivity contribution in [1.29, 1.82) is 0 Å². The van der Waals surface area contributed by atoms with Gasteiger partial charge in [-0.05, 0) is 45.9 Å². The number of alkyl halides is 1. The van der Waals surface area contributed by atoms with Crippen molar-refractivity contribution in [2.75, 3.05) is 5.88 Å². The molecule has 2 nitrogen and oxygen atoms in total. The number of hydrogen-bond acceptors (Lipinski definition) is 2. The third-order valence-electron chi connectivity index (χ3n) is 3.42. The van der Waals surface area contributed by atoms with Crippen molar-refractivity contribution >= 4 is 49.9 Å². The molecule has 0 radical (unpaired) electrons. The number of thiophene rings is 1. The Morgan fingerprint density at radius 1 is 1.43 bits per heavy atom. The van der Waals surface area contributed by atoms with Gasteiger partial charge in [0.15, 0.2) is 0 Å². The fraction of sp³-hybridized carbons (Fsp3) is 0.267. The van der Waals surface area contributed by atoms with Crippen LogP contribution in [0.1, 0.15) is 16.3 Å². The Bertz CT molecular complexity index is 796. The number of halogens is 3. The van der Waals surface area contributed by atoms with Gasteiger partial charge in [0, 0.05) is 27.7 Å². The number of hydrogen-bond donors (Lipinski definition) is 0. The van der Waals surface area contributed by atoms with Crippen molar-refractivity contribution in [3.8, 4) is 0 Å². The highest BCUT2D eigenvalue weighted by molar-refractivity contribution is 9.10. The van der Waals surface area contributed by atoms with Gasteiger partial charge in [0.1, 0.15) is 11.6 Å². The van der Waals surface area contributed by atoms with Crippen LogP contribution in [0.2, 0.25) is 0 Å². The van der Waals surface area contributed by atoms with Gasteiger partial charge in [-0.25, -0.2) is 9.37 Å². The first kappa shape index (κ1) is 15.0. The van der Waals surface area contributed by atoms with Gasteiger partial charge in [0.05, 0.1) is 17.6 Å². The molecule has 0 aliphatic carbocycles. The third-order valence-corrected chi connectivity index (χ3v) is 5.52. The molecule has 0 aliphatic heterocycles. The summed E-state index contributed by atoms with van der Waals surface area (Å²) in [5.74, 6) is 1.17. The van der Waals surface area contributed by atoms with Crippen molar-refractivity contribution in [1.82, 2.24) is 9.55 Å². The van der Waals surface area contributed by atoms with E-state index in [1.165, 1.54) is 10.9 Å². The van der Waals surface area contributed by atoms with Gasteiger partial charge in [-0.3, -0.25) is 0 Å². The van der Waals surface area contributed by atoms with Crippen LogP contribution in [0, 0.1) is 12.7 Å². The first-order valence-corrected chi connectivity index (χ1v) is 8.74. The molecule has 3 rings (SSSR count). The lowest BCUT2D eigenvalue weighted by Crippen LogP contribution is -2.05. The molecule has 0 unspecified atom stereocenters. The summed E-state index contributed by atoms with van der Waals surface area (Å²) in [6, 6.07) is 5.39. The molecule has 6 heteroatoms. The highest BCUT2D eigenvalue weighted by Gasteiger charge is 2.14. The highest BCUT2D eigenvalue weighted by atomic mass is 79.9. The van der Waals surface area contributed by atoms with Gasteiger partial charge >= 0.3 is 0 Å². The smallest absolute Gasteiger partial charge is 0.128 e. The summed E-state index contributed by atoms with van der Waals surface area (Å²) in [6.07, 6.45) is 0.667. The lowest BCUT2D eigenvalue weighted by Gasteiger charge is -2.08. The van der Waals surface area contributed by atoms with E-state index in [0.29, 0.717) is 29.9 Å². The quantitative estimate of drug-likeness (QED) is 0.567. The lowest BCUT2D eigenvalue weighted by atomic mass is 10.2. The number of benzene rings is 1. The average molecular weight is 388 g/mol. The number of imidazole rings is 1. The molecule has 2 heterocycles. The summed E-state index contributed by atoms with van der Waals surface area (Å²) in [5, 5.41) is 2.05. The Kier molecular flexibility index (Phi) is 4.33. The SMILES string of the molecule is Cc1cc2c(cc1F)nc(CCCl)n2Cc1sccc1Br. The molecular weight excluding hydrogens is 375 g/mol.